The lowest BCUT2D eigenvalue weighted by atomic mass is 10.1. The van der Waals surface area contributed by atoms with Gasteiger partial charge in [-0.25, -0.2) is 0 Å². The highest BCUT2D eigenvalue weighted by Crippen LogP contribution is 2.36. The molecule has 0 spiro atoms. The summed E-state index contributed by atoms with van der Waals surface area (Å²) in [7, 11) is 0. The maximum absolute atomic E-state index is 10.3. The zero-order valence-corrected chi connectivity index (χ0v) is 13.1. The molecule has 1 heterocycles. The van der Waals surface area contributed by atoms with E-state index in [-0.39, 0.29) is 0 Å². The van der Waals surface area contributed by atoms with Crippen LogP contribution < -0.4 is 0 Å². The summed E-state index contributed by atoms with van der Waals surface area (Å²) in [6.45, 7) is 2.04. The molecule has 1 aromatic carbocycles. The van der Waals surface area contributed by atoms with Crippen LogP contribution in [0.25, 0.3) is 0 Å². The number of hydrogen-bond donors (Lipinski definition) is 1. The van der Waals surface area contributed by atoms with Gasteiger partial charge in [0.05, 0.1) is 4.88 Å². The number of aliphatic hydroxyl groups is 1. The third-order valence-corrected chi connectivity index (χ3v) is 5.29. The number of hydrogen-bond acceptors (Lipinski definition) is 2. The Morgan fingerprint density at radius 3 is 2.62 bits per heavy atom. The van der Waals surface area contributed by atoms with E-state index in [1.165, 1.54) is 4.88 Å². The van der Waals surface area contributed by atoms with Crippen LogP contribution in [0.1, 0.15) is 21.4 Å². The minimum atomic E-state index is -0.541. The average molecular weight is 409 g/mol. The second-order valence-electron chi connectivity index (χ2n) is 3.49. The third kappa shape index (κ3) is 2.50. The number of thiophene rings is 1. The maximum Gasteiger partial charge on any atom is 0.115 e. The minimum absolute atomic E-state index is 0.541. The quantitative estimate of drug-likeness (QED) is 0.725. The van der Waals surface area contributed by atoms with Gasteiger partial charge in [-0.3, -0.25) is 0 Å². The summed E-state index contributed by atoms with van der Waals surface area (Å²) in [4.78, 5) is 2.17. The number of benzene rings is 1. The molecule has 1 aromatic heterocycles. The highest BCUT2D eigenvalue weighted by atomic mass is 127. The van der Waals surface area contributed by atoms with Crippen LogP contribution in [0, 0.1) is 10.5 Å². The Morgan fingerprint density at radius 2 is 2.06 bits per heavy atom. The van der Waals surface area contributed by atoms with E-state index < -0.39 is 6.10 Å². The van der Waals surface area contributed by atoms with E-state index in [2.05, 4.69) is 38.5 Å². The van der Waals surface area contributed by atoms with Gasteiger partial charge in [0.15, 0.2) is 0 Å². The number of aliphatic hydroxyl groups excluding tert-OH is 1. The van der Waals surface area contributed by atoms with Gasteiger partial charge < -0.3 is 5.11 Å². The standard InChI is InChI=1S/C12H10BrIOS/c1-7-6-9(13)12(16-7)11(15)8-4-2-3-5-10(8)14/h2-6,11,15H,1H3. The first-order chi connectivity index (χ1) is 7.59. The second kappa shape index (κ2) is 5.16. The van der Waals surface area contributed by atoms with Crippen molar-refractivity contribution in [1.29, 1.82) is 0 Å². The van der Waals surface area contributed by atoms with Gasteiger partial charge in [-0.1, -0.05) is 18.2 Å². The van der Waals surface area contributed by atoms with Crippen molar-refractivity contribution >= 4 is 49.9 Å². The predicted octanol–water partition coefficient (Wildman–Crippen LogP) is 4.51. The van der Waals surface area contributed by atoms with Crippen LogP contribution in [0.2, 0.25) is 0 Å². The van der Waals surface area contributed by atoms with Crippen molar-refractivity contribution in [2.24, 2.45) is 0 Å². The Hall–Kier alpha value is 0.0900. The monoisotopic (exact) mass is 408 g/mol. The van der Waals surface area contributed by atoms with Crippen LogP contribution in [0.15, 0.2) is 34.8 Å². The van der Waals surface area contributed by atoms with Crippen molar-refractivity contribution in [2.45, 2.75) is 13.0 Å². The van der Waals surface area contributed by atoms with Gasteiger partial charge in [-0.15, -0.1) is 11.3 Å². The fraction of sp³-hybridized carbons (Fsp3) is 0.167. The molecule has 0 aliphatic rings. The molecule has 0 fully saturated rings. The highest BCUT2D eigenvalue weighted by Gasteiger charge is 2.18. The maximum atomic E-state index is 10.3. The Kier molecular flexibility index (Phi) is 4.05. The Balaban J connectivity index is 2.43. The molecule has 2 rings (SSSR count). The molecule has 0 aliphatic heterocycles. The Morgan fingerprint density at radius 1 is 1.38 bits per heavy atom. The van der Waals surface area contributed by atoms with Gasteiger partial charge in [0.1, 0.15) is 6.10 Å². The van der Waals surface area contributed by atoms with E-state index >= 15 is 0 Å². The molecule has 1 atom stereocenters. The summed E-state index contributed by atoms with van der Waals surface area (Å²) >= 11 is 7.36. The van der Waals surface area contributed by atoms with E-state index in [1.54, 1.807) is 11.3 Å². The van der Waals surface area contributed by atoms with Gasteiger partial charge >= 0.3 is 0 Å². The summed E-state index contributed by atoms with van der Waals surface area (Å²) in [6, 6.07) is 9.95. The molecule has 16 heavy (non-hydrogen) atoms. The van der Waals surface area contributed by atoms with Crippen molar-refractivity contribution in [1.82, 2.24) is 0 Å². The first kappa shape index (κ1) is 12.5. The third-order valence-electron chi connectivity index (χ3n) is 2.28. The largest absolute Gasteiger partial charge is 0.383 e. The van der Waals surface area contributed by atoms with E-state index in [9.17, 15) is 5.11 Å². The zero-order chi connectivity index (χ0) is 11.7. The molecule has 4 heteroatoms. The second-order valence-corrected chi connectivity index (χ2v) is 6.80. The highest BCUT2D eigenvalue weighted by molar-refractivity contribution is 14.1. The molecular weight excluding hydrogens is 399 g/mol. The first-order valence-corrected chi connectivity index (χ1v) is 7.46. The molecule has 1 unspecified atom stereocenters. The molecular formula is C12H10BrIOS. The van der Waals surface area contributed by atoms with Crippen LogP contribution >= 0.6 is 49.9 Å². The van der Waals surface area contributed by atoms with Crippen molar-refractivity contribution in [2.75, 3.05) is 0 Å². The topological polar surface area (TPSA) is 20.2 Å². The number of aryl methyl sites for hydroxylation is 1. The lowest BCUT2D eigenvalue weighted by Gasteiger charge is -2.11. The summed E-state index contributed by atoms with van der Waals surface area (Å²) in [6.07, 6.45) is -0.541. The molecule has 0 bridgehead atoms. The SMILES string of the molecule is Cc1cc(Br)c(C(O)c2ccccc2I)s1. The van der Waals surface area contributed by atoms with Crippen LogP contribution in [-0.2, 0) is 0 Å². The van der Waals surface area contributed by atoms with E-state index in [1.807, 2.05) is 37.3 Å². The van der Waals surface area contributed by atoms with Crippen LogP contribution in [0.5, 0.6) is 0 Å². The molecule has 1 nitrogen and oxygen atoms in total. The van der Waals surface area contributed by atoms with Crippen molar-refractivity contribution in [3.05, 3.63) is 53.7 Å². The van der Waals surface area contributed by atoms with Crippen molar-refractivity contribution in [3.63, 3.8) is 0 Å². The van der Waals surface area contributed by atoms with Gasteiger partial charge in [-0.2, -0.15) is 0 Å². The van der Waals surface area contributed by atoms with E-state index in [4.69, 9.17) is 0 Å². The summed E-state index contributed by atoms with van der Waals surface area (Å²) in [5.41, 5.74) is 0.964. The molecule has 0 radical (unpaired) electrons. The lowest BCUT2D eigenvalue weighted by molar-refractivity contribution is 0.222. The van der Waals surface area contributed by atoms with Crippen LogP contribution in [0.3, 0.4) is 0 Å². The molecule has 0 amide bonds. The number of halogens is 2. The van der Waals surface area contributed by atoms with Crippen LogP contribution in [-0.4, -0.2) is 5.11 Å². The van der Waals surface area contributed by atoms with E-state index in [0.717, 1.165) is 18.5 Å². The van der Waals surface area contributed by atoms with Gasteiger partial charge in [0.2, 0.25) is 0 Å². The van der Waals surface area contributed by atoms with Crippen molar-refractivity contribution < 1.29 is 5.11 Å². The average Bonchev–Trinajstić information content (AvgIpc) is 2.58. The minimum Gasteiger partial charge on any atom is -0.383 e. The lowest BCUT2D eigenvalue weighted by Crippen LogP contribution is -2.00. The molecule has 1 N–H and O–H groups in total. The fourth-order valence-electron chi connectivity index (χ4n) is 1.53. The molecule has 0 saturated carbocycles. The summed E-state index contributed by atoms with van der Waals surface area (Å²) in [5.74, 6) is 0. The molecule has 2 aromatic rings. The smallest absolute Gasteiger partial charge is 0.115 e. The fourth-order valence-corrected chi connectivity index (χ4v) is 4.08. The van der Waals surface area contributed by atoms with Gasteiger partial charge in [0, 0.05) is 12.9 Å². The molecule has 84 valence electrons. The zero-order valence-electron chi connectivity index (χ0n) is 8.58. The Labute approximate surface area is 121 Å². The van der Waals surface area contributed by atoms with Gasteiger partial charge in [0.25, 0.3) is 0 Å². The summed E-state index contributed by atoms with van der Waals surface area (Å²) in [5, 5.41) is 10.3. The van der Waals surface area contributed by atoms with E-state index in [0.29, 0.717) is 0 Å². The first-order valence-electron chi connectivity index (χ1n) is 4.78. The predicted molar refractivity (Wildman–Crippen MR) is 80.0 cm³/mol. The van der Waals surface area contributed by atoms with Gasteiger partial charge in [-0.05, 0) is 63.1 Å². The normalized spacial score (nSPS) is 12.8. The van der Waals surface area contributed by atoms with Crippen LogP contribution in [0.4, 0.5) is 0 Å². The summed E-state index contributed by atoms with van der Waals surface area (Å²) < 4.78 is 2.08. The molecule has 0 saturated heterocycles. The number of rotatable bonds is 2. The van der Waals surface area contributed by atoms with Crippen molar-refractivity contribution in [3.8, 4) is 0 Å². The Bertz CT molecular complexity index is 509. The molecule has 0 aliphatic carbocycles.